The molecule has 4 N–H and O–H groups in total. The summed E-state index contributed by atoms with van der Waals surface area (Å²) in [5, 5.41) is 0. The number of thioether (sulfide) groups is 1. The van der Waals surface area contributed by atoms with Gasteiger partial charge in [0, 0.05) is 16.3 Å². The molecule has 0 unspecified atom stereocenters. The van der Waals surface area contributed by atoms with Gasteiger partial charge in [0.2, 0.25) is 0 Å². The zero-order valence-corrected chi connectivity index (χ0v) is 9.92. The van der Waals surface area contributed by atoms with Gasteiger partial charge in [-0.2, -0.15) is 0 Å². The molecule has 0 bridgehead atoms. The van der Waals surface area contributed by atoms with Crippen LogP contribution in [0.2, 0.25) is 0 Å². The third-order valence-corrected chi connectivity index (χ3v) is 3.12. The predicted molar refractivity (Wildman–Crippen MR) is 72.5 cm³/mol. The highest BCUT2D eigenvalue weighted by Gasteiger charge is 2.01. The number of rotatable bonds is 2. The van der Waals surface area contributed by atoms with Crippen LogP contribution < -0.4 is 11.5 Å². The molecule has 0 heterocycles. The highest BCUT2D eigenvalue weighted by atomic mass is 32.2. The first-order chi connectivity index (χ1) is 7.69. The first kappa shape index (κ1) is 10.9. The van der Waals surface area contributed by atoms with Crippen molar-refractivity contribution in [2.24, 2.45) is 0 Å². The van der Waals surface area contributed by atoms with E-state index in [9.17, 15) is 0 Å². The SMILES string of the molecule is CSc1cc(N)cc(-c2ccc(N)cc2)c1. The third-order valence-electron chi connectivity index (χ3n) is 2.41. The van der Waals surface area contributed by atoms with Crippen molar-refractivity contribution in [3.63, 3.8) is 0 Å². The van der Waals surface area contributed by atoms with Crippen molar-refractivity contribution in [3.05, 3.63) is 42.5 Å². The van der Waals surface area contributed by atoms with Crippen LogP contribution in [-0.4, -0.2) is 6.26 Å². The number of hydrogen-bond donors (Lipinski definition) is 2. The Kier molecular flexibility index (Phi) is 3.06. The van der Waals surface area contributed by atoms with Crippen LogP contribution in [0.1, 0.15) is 0 Å². The van der Waals surface area contributed by atoms with Crippen molar-refractivity contribution in [2.75, 3.05) is 17.7 Å². The molecule has 0 aliphatic carbocycles. The van der Waals surface area contributed by atoms with Gasteiger partial charge in [-0.1, -0.05) is 12.1 Å². The van der Waals surface area contributed by atoms with Crippen LogP contribution in [0, 0.1) is 0 Å². The van der Waals surface area contributed by atoms with Crippen molar-refractivity contribution in [1.29, 1.82) is 0 Å². The number of benzene rings is 2. The molecular formula is C13H14N2S. The van der Waals surface area contributed by atoms with Gasteiger partial charge in [-0.15, -0.1) is 11.8 Å². The molecule has 0 atom stereocenters. The first-order valence-electron chi connectivity index (χ1n) is 4.99. The molecular weight excluding hydrogens is 216 g/mol. The van der Waals surface area contributed by atoms with E-state index in [1.54, 1.807) is 11.8 Å². The maximum atomic E-state index is 5.86. The summed E-state index contributed by atoms with van der Waals surface area (Å²) in [5.74, 6) is 0. The van der Waals surface area contributed by atoms with E-state index in [1.165, 1.54) is 4.90 Å². The lowest BCUT2D eigenvalue weighted by molar-refractivity contribution is 1.46. The van der Waals surface area contributed by atoms with Crippen LogP contribution in [0.25, 0.3) is 11.1 Å². The summed E-state index contributed by atoms with van der Waals surface area (Å²) >= 11 is 1.69. The largest absolute Gasteiger partial charge is 0.399 e. The van der Waals surface area contributed by atoms with E-state index in [-0.39, 0.29) is 0 Å². The van der Waals surface area contributed by atoms with Gasteiger partial charge in [-0.3, -0.25) is 0 Å². The molecule has 0 saturated heterocycles. The molecule has 82 valence electrons. The summed E-state index contributed by atoms with van der Waals surface area (Å²) in [5.41, 5.74) is 15.4. The van der Waals surface area contributed by atoms with E-state index in [0.29, 0.717) is 0 Å². The Morgan fingerprint density at radius 1 is 0.812 bits per heavy atom. The number of hydrogen-bond acceptors (Lipinski definition) is 3. The van der Waals surface area contributed by atoms with E-state index < -0.39 is 0 Å². The van der Waals surface area contributed by atoms with Crippen LogP contribution in [0.5, 0.6) is 0 Å². The fourth-order valence-electron chi connectivity index (χ4n) is 1.58. The first-order valence-corrected chi connectivity index (χ1v) is 6.22. The van der Waals surface area contributed by atoms with Gasteiger partial charge in [-0.25, -0.2) is 0 Å². The molecule has 2 aromatic rings. The molecule has 2 aromatic carbocycles. The van der Waals surface area contributed by atoms with Crippen LogP contribution in [0.15, 0.2) is 47.4 Å². The Labute approximate surface area is 99.7 Å². The van der Waals surface area contributed by atoms with Crippen LogP contribution >= 0.6 is 11.8 Å². The molecule has 0 saturated carbocycles. The zero-order chi connectivity index (χ0) is 11.5. The minimum absolute atomic E-state index is 0.776. The Morgan fingerprint density at radius 3 is 2.12 bits per heavy atom. The van der Waals surface area contributed by atoms with Crippen molar-refractivity contribution >= 4 is 23.1 Å². The average Bonchev–Trinajstić information content (AvgIpc) is 2.29. The van der Waals surface area contributed by atoms with E-state index in [0.717, 1.165) is 22.5 Å². The van der Waals surface area contributed by atoms with Crippen molar-refractivity contribution < 1.29 is 0 Å². The Bertz CT molecular complexity index is 492. The van der Waals surface area contributed by atoms with Gasteiger partial charge in [0.05, 0.1) is 0 Å². The summed E-state index contributed by atoms with van der Waals surface area (Å²) in [4.78, 5) is 1.17. The summed E-state index contributed by atoms with van der Waals surface area (Å²) in [6, 6.07) is 13.9. The molecule has 0 radical (unpaired) electrons. The normalized spacial score (nSPS) is 10.3. The van der Waals surface area contributed by atoms with E-state index in [1.807, 2.05) is 42.7 Å². The lowest BCUT2D eigenvalue weighted by Gasteiger charge is -2.06. The topological polar surface area (TPSA) is 52.0 Å². The van der Waals surface area contributed by atoms with Crippen LogP contribution in [0.3, 0.4) is 0 Å². The minimum atomic E-state index is 0.776. The second-order valence-corrected chi connectivity index (χ2v) is 4.50. The highest BCUT2D eigenvalue weighted by molar-refractivity contribution is 7.98. The molecule has 0 fully saturated rings. The van der Waals surface area contributed by atoms with Crippen LogP contribution in [-0.2, 0) is 0 Å². The molecule has 2 nitrogen and oxygen atoms in total. The van der Waals surface area contributed by atoms with E-state index in [4.69, 9.17) is 11.5 Å². The van der Waals surface area contributed by atoms with Gasteiger partial charge >= 0.3 is 0 Å². The van der Waals surface area contributed by atoms with Crippen molar-refractivity contribution in [3.8, 4) is 11.1 Å². The minimum Gasteiger partial charge on any atom is -0.399 e. The van der Waals surface area contributed by atoms with E-state index >= 15 is 0 Å². The Morgan fingerprint density at radius 2 is 1.50 bits per heavy atom. The molecule has 2 rings (SSSR count). The van der Waals surface area contributed by atoms with Gasteiger partial charge in [-0.05, 0) is 47.7 Å². The molecule has 0 amide bonds. The Balaban J connectivity index is 2.47. The number of nitrogen functional groups attached to an aromatic ring is 2. The molecule has 16 heavy (non-hydrogen) atoms. The number of nitrogens with two attached hydrogens (primary N) is 2. The van der Waals surface area contributed by atoms with Gasteiger partial charge in [0.15, 0.2) is 0 Å². The maximum absolute atomic E-state index is 5.86. The maximum Gasteiger partial charge on any atom is 0.0331 e. The van der Waals surface area contributed by atoms with Gasteiger partial charge < -0.3 is 11.5 Å². The molecule has 0 aliphatic rings. The fraction of sp³-hybridized carbons (Fsp3) is 0.0769. The van der Waals surface area contributed by atoms with Gasteiger partial charge in [0.25, 0.3) is 0 Å². The summed E-state index contributed by atoms with van der Waals surface area (Å²) in [6.45, 7) is 0. The lowest BCUT2D eigenvalue weighted by atomic mass is 10.0. The molecule has 0 aromatic heterocycles. The summed E-state index contributed by atoms with van der Waals surface area (Å²) in [7, 11) is 0. The third kappa shape index (κ3) is 2.31. The fourth-order valence-corrected chi connectivity index (χ4v) is 2.08. The van der Waals surface area contributed by atoms with Crippen molar-refractivity contribution in [1.82, 2.24) is 0 Å². The second kappa shape index (κ2) is 4.49. The predicted octanol–water partition coefficient (Wildman–Crippen LogP) is 3.24. The second-order valence-electron chi connectivity index (χ2n) is 3.62. The van der Waals surface area contributed by atoms with E-state index in [2.05, 4.69) is 6.07 Å². The highest BCUT2D eigenvalue weighted by Crippen LogP contribution is 2.28. The lowest BCUT2D eigenvalue weighted by Crippen LogP contribution is -1.88. The molecule has 3 heteroatoms. The quantitative estimate of drug-likeness (QED) is 0.615. The zero-order valence-electron chi connectivity index (χ0n) is 9.10. The summed E-state index contributed by atoms with van der Waals surface area (Å²) < 4.78 is 0. The smallest absolute Gasteiger partial charge is 0.0331 e. The average molecular weight is 230 g/mol. The monoisotopic (exact) mass is 230 g/mol. The molecule has 0 spiro atoms. The summed E-state index contributed by atoms with van der Waals surface area (Å²) in [6.07, 6.45) is 2.04. The van der Waals surface area contributed by atoms with Crippen LogP contribution in [0.4, 0.5) is 11.4 Å². The molecule has 0 aliphatic heterocycles. The van der Waals surface area contributed by atoms with Gasteiger partial charge in [0.1, 0.15) is 0 Å². The number of anilines is 2. The Hall–Kier alpha value is -1.61. The van der Waals surface area contributed by atoms with Crippen molar-refractivity contribution in [2.45, 2.75) is 4.90 Å². The standard InChI is InChI=1S/C13H14N2S/c1-16-13-7-10(6-12(15)8-13)9-2-4-11(14)5-3-9/h2-8H,14-15H2,1H3.